The van der Waals surface area contributed by atoms with Gasteiger partial charge in [-0.05, 0) is 54.7 Å². The molecule has 0 aliphatic heterocycles. The smallest absolute Gasteiger partial charge is 0.258 e. The van der Waals surface area contributed by atoms with Gasteiger partial charge in [0.2, 0.25) is 0 Å². The maximum absolute atomic E-state index is 11.5. The normalized spacial score (nSPS) is 16.8. The Morgan fingerprint density at radius 3 is 2.04 bits per heavy atom. The van der Waals surface area contributed by atoms with Crippen LogP contribution in [0.25, 0.3) is 11.1 Å². The monoisotopic (exact) mass is 324 g/mol. The molecule has 0 N–H and O–H groups in total. The van der Waals surface area contributed by atoms with Crippen molar-refractivity contribution in [3.05, 3.63) is 67.8 Å². The third-order valence-electron chi connectivity index (χ3n) is 4.82. The van der Waals surface area contributed by atoms with E-state index in [0.29, 0.717) is 17.0 Å². The largest absolute Gasteiger partial charge is 0.277 e. The molecule has 0 atom stereocenters. The molecule has 0 bridgehead atoms. The van der Waals surface area contributed by atoms with E-state index in [2.05, 4.69) is 0 Å². The molecule has 2 fully saturated rings. The zero-order valence-corrected chi connectivity index (χ0v) is 13.0. The van der Waals surface area contributed by atoms with Crippen LogP contribution in [-0.4, -0.2) is 9.85 Å². The zero-order chi connectivity index (χ0) is 16.8. The van der Waals surface area contributed by atoms with Gasteiger partial charge in [-0.1, -0.05) is 18.2 Å². The highest BCUT2D eigenvalue weighted by molar-refractivity contribution is 5.76. The minimum Gasteiger partial charge on any atom is -0.258 e. The van der Waals surface area contributed by atoms with E-state index in [-0.39, 0.29) is 22.2 Å². The van der Waals surface area contributed by atoms with E-state index in [9.17, 15) is 20.2 Å². The van der Waals surface area contributed by atoms with E-state index in [1.165, 1.54) is 6.07 Å². The van der Waals surface area contributed by atoms with Crippen molar-refractivity contribution in [2.45, 2.75) is 37.5 Å². The van der Waals surface area contributed by atoms with Crippen LogP contribution in [0.5, 0.6) is 0 Å². The Kier molecular flexibility index (Phi) is 3.33. The average molecular weight is 324 g/mol. The van der Waals surface area contributed by atoms with Crippen LogP contribution in [0.15, 0.2) is 36.4 Å². The lowest BCUT2D eigenvalue weighted by Crippen LogP contribution is -1.97. The van der Waals surface area contributed by atoms with Crippen molar-refractivity contribution >= 4 is 11.4 Å². The summed E-state index contributed by atoms with van der Waals surface area (Å²) < 4.78 is 0. The fourth-order valence-corrected chi connectivity index (χ4v) is 3.22. The Balaban J connectivity index is 1.81. The number of benzene rings is 2. The minimum atomic E-state index is -0.401. The van der Waals surface area contributed by atoms with E-state index >= 15 is 0 Å². The van der Waals surface area contributed by atoms with Crippen molar-refractivity contribution in [3.63, 3.8) is 0 Å². The summed E-state index contributed by atoms with van der Waals surface area (Å²) in [6, 6.07) is 10.2. The summed E-state index contributed by atoms with van der Waals surface area (Å²) in [5.74, 6) is 0.677. The van der Waals surface area contributed by atoms with Crippen LogP contribution in [0.3, 0.4) is 0 Å². The van der Waals surface area contributed by atoms with Crippen molar-refractivity contribution in [1.82, 2.24) is 0 Å². The van der Waals surface area contributed by atoms with E-state index in [1.54, 1.807) is 24.3 Å². The fourth-order valence-electron chi connectivity index (χ4n) is 3.22. The highest BCUT2D eigenvalue weighted by atomic mass is 16.6. The Morgan fingerprint density at radius 2 is 1.46 bits per heavy atom. The lowest BCUT2D eigenvalue weighted by atomic mass is 9.97. The number of hydrogen-bond acceptors (Lipinski definition) is 4. The van der Waals surface area contributed by atoms with Crippen LogP contribution in [-0.2, 0) is 0 Å². The predicted octanol–water partition coefficient (Wildman–Crippen LogP) is 4.92. The number of nitro groups is 2. The van der Waals surface area contributed by atoms with Crippen LogP contribution >= 0.6 is 0 Å². The molecule has 0 spiro atoms. The molecule has 0 unspecified atom stereocenters. The first-order chi connectivity index (χ1) is 11.5. The molecule has 0 saturated heterocycles. The van der Waals surface area contributed by atoms with E-state index in [1.807, 2.05) is 6.07 Å². The van der Waals surface area contributed by atoms with Gasteiger partial charge in [0.05, 0.1) is 15.4 Å². The zero-order valence-electron chi connectivity index (χ0n) is 13.0. The number of hydrogen-bond donors (Lipinski definition) is 0. The van der Waals surface area contributed by atoms with Crippen molar-refractivity contribution < 1.29 is 9.85 Å². The molecule has 2 aliphatic rings. The molecule has 2 saturated carbocycles. The first-order valence-electron chi connectivity index (χ1n) is 8.11. The molecule has 0 aromatic heterocycles. The first kappa shape index (κ1) is 14.8. The molecule has 24 heavy (non-hydrogen) atoms. The molecule has 0 heterocycles. The van der Waals surface area contributed by atoms with Gasteiger partial charge in [-0.15, -0.1) is 0 Å². The molecule has 122 valence electrons. The molecule has 0 radical (unpaired) electrons. The van der Waals surface area contributed by atoms with E-state index in [4.69, 9.17) is 0 Å². The van der Waals surface area contributed by atoms with Gasteiger partial charge in [0.25, 0.3) is 11.4 Å². The molecule has 2 aliphatic carbocycles. The first-order valence-corrected chi connectivity index (χ1v) is 8.11. The minimum absolute atomic E-state index is 0.0212. The van der Waals surface area contributed by atoms with Crippen molar-refractivity contribution in [2.75, 3.05) is 0 Å². The van der Waals surface area contributed by atoms with Crippen LogP contribution in [0.2, 0.25) is 0 Å². The van der Waals surface area contributed by atoms with Gasteiger partial charge in [-0.3, -0.25) is 20.2 Å². The van der Waals surface area contributed by atoms with Crippen LogP contribution in [0, 0.1) is 20.2 Å². The van der Waals surface area contributed by atoms with Crippen molar-refractivity contribution in [2.24, 2.45) is 0 Å². The second-order valence-electron chi connectivity index (χ2n) is 6.61. The van der Waals surface area contributed by atoms with Crippen molar-refractivity contribution in [1.29, 1.82) is 0 Å². The third-order valence-corrected chi connectivity index (χ3v) is 4.82. The van der Waals surface area contributed by atoms with Gasteiger partial charge in [0.15, 0.2) is 0 Å². The van der Waals surface area contributed by atoms with E-state index < -0.39 is 4.92 Å². The second-order valence-corrected chi connectivity index (χ2v) is 6.61. The SMILES string of the molecule is O=[N+]([O-])c1cc(C2CC2)ccc1-c1ccc(C2CC2)c([N+](=O)[O-])c1. The van der Waals surface area contributed by atoms with E-state index in [0.717, 1.165) is 36.8 Å². The van der Waals surface area contributed by atoms with Gasteiger partial charge >= 0.3 is 0 Å². The Bertz CT molecular complexity index is 854. The second kappa shape index (κ2) is 5.40. The molecule has 2 aromatic rings. The number of rotatable bonds is 5. The maximum Gasteiger partial charge on any atom is 0.277 e. The lowest BCUT2D eigenvalue weighted by Gasteiger charge is -2.08. The standard InChI is InChI=1S/C18H16N2O4/c21-19(22)17-9-13(11-1-2-11)5-7-16(17)14-6-8-15(12-3-4-12)18(10-14)20(23)24/h5-12H,1-4H2. The predicted molar refractivity (Wildman–Crippen MR) is 89.1 cm³/mol. The lowest BCUT2D eigenvalue weighted by molar-refractivity contribution is -0.385. The topological polar surface area (TPSA) is 86.3 Å². The van der Waals surface area contributed by atoms with Crippen molar-refractivity contribution in [3.8, 4) is 11.1 Å². The summed E-state index contributed by atoms with van der Waals surface area (Å²) in [4.78, 5) is 22.1. The molecular weight excluding hydrogens is 308 g/mol. The Labute approximate surface area is 138 Å². The summed E-state index contributed by atoms with van der Waals surface area (Å²) in [5.41, 5.74) is 2.77. The van der Waals surface area contributed by atoms with Gasteiger partial charge in [-0.25, -0.2) is 0 Å². The van der Waals surface area contributed by atoms with Gasteiger partial charge < -0.3 is 0 Å². The maximum atomic E-state index is 11.5. The summed E-state index contributed by atoms with van der Waals surface area (Å²) in [5, 5.41) is 22.8. The summed E-state index contributed by atoms with van der Waals surface area (Å²) in [6.45, 7) is 0. The Hall–Kier alpha value is -2.76. The molecular formula is C18H16N2O4. The Morgan fingerprint density at radius 1 is 0.792 bits per heavy atom. The summed E-state index contributed by atoms with van der Waals surface area (Å²) in [6.07, 6.45) is 4.07. The average Bonchev–Trinajstić information content (AvgIpc) is 3.47. The van der Waals surface area contributed by atoms with Crippen LogP contribution in [0.1, 0.15) is 48.6 Å². The third kappa shape index (κ3) is 2.64. The highest BCUT2D eigenvalue weighted by Gasteiger charge is 2.32. The molecule has 0 amide bonds. The molecule has 6 nitrogen and oxygen atoms in total. The molecule has 2 aromatic carbocycles. The van der Waals surface area contributed by atoms with Gasteiger partial charge in [0, 0.05) is 17.7 Å². The summed E-state index contributed by atoms with van der Waals surface area (Å²) >= 11 is 0. The number of nitrogens with zero attached hydrogens (tertiary/aromatic N) is 2. The highest BCUT2D eigenvalue weighted by Crippen LogP contribution is 2.46. The van der Waals surface area contributed by atoms with Crippen LogP contribution in [0.4, 0.5) is 11.4 Å². The van der Waals surface area contributed by atoms with Gasteiger partial charge in [0.1, 0.15) is 0 Å². The summed E-state index contributed by atoms with van der Waals surface area (Å²) in [7, 11) is 0. The fraction of sp³-hybridized carbons (Fsp3) is 0.333. The molecule has 4 rings (SSSR count). The number of nitro benzene ring substituents is 2. The van der Waals surface area contributed by atoms with Gasteiger partial charge in [-0.2, -0.15) is 0 Å². The quantitative estimate of drug-likeness (QED) is 0.576. The molecule has 6 heteroatoms. The van der Waals surface area contributed by atoms with Crippen LogP contribution < -0.4 is 0 Å².